The molecule has 0 saturated carbocycles. The number of nitrogens with one attached hydrogen (secondary N) is 1. The van der Waals surface area contributed by atoms with Crippen molar-refractivity contribution < 1.29 is 28.7 Å². The Labute approximate surface area is 194 Å². The summed E-state index contributed by atoms with van der Waals surface area (Å²) in [5.74, 6) is 1.45. The molecule has 31 heavy (non-hydrogen) atoms. The quantitative estimate of drug-likeness (QED) is 0.132. The maximum Gasteiger partial charge on any atom is 0.508 e. The molecule has 178 valence electrons. The number of carbonyl (C=O) groups is 2. The summed E-state index contributed by atoms with van der Waals surface area (Å²) in [6.07, 6.45) is -0.117. The van der Waals surface area contributed by atoms with Gasteiger partial charge in [-0.25, -0.2) is 19.1 Å². The fourth-order valence-corrected chi connectivity index (χ4v) is 3.67. The van der Waals surface area contributed by atoms with Crippen LogP contribution >= 0.6 is 34.0 Å². The Bertz CT molecular complexity index is 693. The summed E-state index contributed by atoms with van der Waals surface area (Å²) in [6, 6.07) is 0. The summed E-state index contributed by atoms with van der Waals surface area (Å²) in [6.45, 7) is 3.40. The summed E-state index contributed by atoms with van der Waals surface area (Å²) in [5, 5.41) is 13.5. The highest BCUT2D eigenvalue weighted by atomic mass is 35.5. The van der Waals surface area contributed by atoms with Gasteiger partial charge in [-0.3, -0.25) is 0 Å². The normalized spacial score (nSPS) is 10.3. The monoisotopic (exact) mass is 501 g/mol. The Kier molecular flexibility index (Phi) is 15.7. The Morgan fingerprint density at radius 2 is 1.81 bits per heavy atom. The Morgan fingerprint density at radius 1 is 1.19 bits per heavy atom. The maximum absolute atomic E-state index is 11.5. The molecule has 0 bridgehead atoms. The smallest absolute Gasteiger partial charge is 0.449 e. The van der Waals surface area contributed by atoms with Crippen LogP contribution < -0.4 is 5.32 Å². The van der Waals surface area contributed by atoms with E-state index in [9.17, 15) is 19.7 Å². The van der Waals surface area contributed by atoms with Crippen LogP contribution in [0.2, 0.25) is 0 Å². The van der Waals surface area contributed by atoms with Crippen LogP contribution in [0.25, 0.3) is 0 Å². The highest BCUT2D eigenvalue weighted by Gasteiger charge is 2.17. The fraction of sp³-hybridized carbons (Fsp3) is 0.688. The van der Waals surface area contributed by atoms with E-state index in [0.29, 0.717) is 23.9 Å². The summed E-state index contributed by atoms with van der Waals surface area (Å²) < 4.78 is 16.2. The average molecular weight is 502 g/mol. The number of aromatic nitrogens is 2. The van der Waals surface area contributed by atoms with E-state index in [1.807, 2.05) is 19.0 Å². The Hall–Kier alpha value is -1.90. The lowest BCUT2D eigenvalue weighted by molar-refractivity contribution is -0.392. The summed E-state index contributed by atoms with van der Waals surface area (Å²) in [7, 11) is 6.81. The lowest BCUT2D eigenvalue weighted by Gasteiger charge is -2.10. The average Bonchev–Trinajstić information content (AvgIpc) is 3.04. The second kappa shape index (κ2) is 16.8. The van der Waals surface area contributed by atoms with Crippen molar-refractivity contribution in [1.82, 2.24) is 19.8 Å². The van der Waals surface area contributed by atoms with E-state index in [1.54, 1.807) is 6.92 Å². The van der Waals surface area contributed by atoms with Gasteiger partial charge < -0.3 is 34.5 Å². The van der Waals surface area contributed by atoms with Crippen molar-refractivity contribution in [3.63, 3.8) is 0 Å². The van der Waals surface area contributed by atoms with Gasteiger partial charge in [-0.15, -0.1) is 12.4 Å². The first-order valence-electron chi connectivity index (χ1n) is 9.07. The predicted molar refractivity (Wildman–Crippen MR) is 121 cm³/mol. The molecular weight excluding hydrogens is 474 g/mol. The minimum atomic E-state index is -0.834. The van der Waals surface area contributed by atoms with Gasteiger partial charge in [0.1, 0.15) is 32.6 Å². The lowest BCUT2D eigenvalue weighted by Crippen LogP contribution is -2.32. The van der Waals surface area contributed by atoms with E-state index >= 15 is 0 Å². The van der Waals surface area contributed by atoms with Gasteiger partial charge in [0.05, 0.1) is 0 Å². The molecule has 1 amide bonds. The minimum absolute atomic E-state index is 0. The molecule has 1 aromatic rings. The van der Waals surface area contributed by atoms with Gasteiger partial charge >= 0.3 is 18.1 Å². The number of aryl methyl sites for hydroxylation is 1. The summed E-state index contributed by atoms with van der Waals surface area (Å²) >= 11 is 0. The molecule has 0 saturated heterocycles. The van der Waals surface area contributed by atoms with Crippen molar-refractivity contribution in [3.8, 4) is 0 Å². The van der Waals surface area contributed by atoms with E-state index in [1.165, 1.54) is 26.2 Å². The zero-order valence-electron chi connectivity index (χ0n) is 17.6. The molecule has 0 unspecified atom stereocenters. The lowest BCUT2D eigenvalue weighted by atomic mass is 10.6. The van der Waals surface area contributed by atoms with Crippen molar-refractivity contribution in [2.45, 2.75) is 13.5 Å². The van der Waals surface area contributed by atoms with E-state index in [4.69, 9.17) is 14.2 Å². The zero-order chi connectivity index (χ0) is 22.4. The number of hydrogen-bond acceptors (Lipinski definition) is 11. The number of imidazole rings is 1. The first-order chi connectivity index (χ1) is 14.3. The molecule has 12 nitrogen and oxygen atoms in total. The van der Waals surface area contributed by atoms with Crippen LogP contribution in [0.5, 0.6) is 0 Å². The number of likely N-dealkylation sites (N-methyl/N-ethyl adjacent to an activating group) is 1. The number of carbonyl (C=O) groups excluding carboxylic acids is 2. The summed E-state index contributed by atoms with van der Waals surface area (Å²) in [4.78, 5) is 39.1. The SMILES string of the molecule is Cc1ncc([N+](=O)[O-])n1CCOC(=O)OCCSSCCOC(=O)NCCN(C)C.Cl. The molecule has 0 aliphatic rings. The van der Waals surface area contributed by atoms with Crippen molar-refractivity contribution in [1.29, 1.82) is 0 Å². The molecule has 15 heteroatoms. The van der Waals surface area contributed by atoms with Gasteiger partial charge in [-0.05, 0) is 19.0 Å². The third-order valence-corrected chi connectivity index (χ3v) is 5.79. The molecule has 0 spiro atoms. The van der Waals surface area contributed by atoms with Gasteiger partial charge in [0.2, 0.25) is 0 Å². The second-order valence-corrected chi connectivity index (χ2v) is 8.73. The summed E-state index contributed by atoms with van der Waals surface area (Å²) in [5.41, 5.74) is 0. The van der Waals surface area contributed by atoms with E-state index in [0.717, 1.165) is 12.7 Å². The topological polar surface area (TPSA) is 138 Å². The van der Waals surface area contributed by atoms with Gasteiger partial charge in [0, 0.05) is 31.5 Å². The molecule has 0 atom stereocenters. The van der Waals surface area contributed by atoms with Gasteiger partial charge in [-0.2, -0.15) is 0 Å². The van der Waals surface area contributed by atoms with Crippen molar-refractivity contribution >= 4 is 52.1 Å². The molecule has 0 fully saturated rings. The van der Waals surface area contributed by atoms with Crippen molar-refractivity contribution in [2.24, 2.45) is 0 Å². The number of alkyl carbamates (subject to hydrolysis) is 1. The maximum atomic E-state index is 11.5. The predicted octanol–water partition coefficient (Wildman–Crippen LogP) is 2.34. The van der Waals surface area contributed by atoms with Crippen molar-refractivity contribution in [3.05, 3.63) is 22.1 Å². The van der Waals surface area contributed by atoms with Crippen molar-refractivity contribution in [2.75, 3.05) is 58.5 Å². The van der Waals surface area contributed by atoms with Gasteiger partial charge in [0.15, 0.2) is 5.82 Å². The first kappa shape index (κ1) is 29.1. The van der Waals surface area contributed by atoms with Crippen LogP contribution in [0.15, 0.2) is 6.20 Å². The fourth-order valence-electron chi connectivity index (χ4n) is 2.02. The standard InChI is InChI=1S/C16H27N5O7S2.ClH/c1-13-18-12-14(21(24)25)20(13)6-7-27-16(23)28-9-11-30-29-10-8-26-15(22)17-4-5-19(2)3;/h12H,4-11H2,1-3H3,(H,17,22);1H. The molecule has 1 aromatic heterocycles. The van der Waals surface area contributed by atoms with Crippen LogP contribution in [-0.2, 0) is 20.8 Å². The largest absolute Gasteiger partial charge is 0.508 e. The molecule has 0 aliphatic heterocycles. The van der Waals surface area contributed by atoms with Crippen LogP contribution in [0.4, 0.5) is 15.4 Å². The van der Waals surface area contributed by atoms with Gasteiger partial charge in [-0.1, -0.05) is 21.6 Å². The number of hydrogen-bond donors (Lipinski definition) is 1. The first-order valence-corrected chi connectivity index (χ1v) is 11.6. The molecule has 1 heterocycles. The number of nitro groups is 1. The Morgan fingerprint density at radius 3 is 2.42 bits per heavy atom. The number of nitrogens with zero attached hydrogens (tertiary/aromatic N) is 4. The third-order valence-electron chi connectivity index (χ3n) is 3.45. The molecule has 0 aliphatic carbocycles. The highest BCUT2D eigenvalue weighted by molar-refractivity contribution is 8.76. The second-order valence-electron chi connectivity index (χ2n) is 6.03. The van der Waals surface area contributed by atoms with Crippen LogP contribution in [-0.4, -0.2) is 90.1 Å². The third kappa shape index (κ3) is 13.2. The number of halogens is 1. The van der Waals surface area contributed by atoms with E-state index in [2.05, 4.69) is 10.3 Å². The zero-order valence-corrected chi connectivity index (χ0v) is 20.1. The van der Waals surface area contributed by atoms with Crippen LogP contribution in [0.1, 0.15) is 5.82 Å². The number of amides is 1. The molecule has 0 radical (unpaired) electrons. The van der Waals surface area contributed by atoms with E-state index < -0.39 is 17.2 Å². The Balaban J connectivity index is 0.00000900. The van der Waals surface area contributed by atoms with Crippen LogP contribution in [0.3, 0.4) is 0 Å². The molecular formula is C16H28ClN5O7S2. The van der Waals surface area contributed by atoms with E-state index in [-0.39, 0.29) is 44.6 Å². The number of rotatable bonds is 14. The highest BCUT2D eigenvalue weighted by Crippen LogP contribution is 2.20. The van der Waals surface area contributed by atoms with Gasteiger partial charge in [0.25, 0.3) is 0 Å². The molecule has 0 aromatic carbocycles. The number of ether oxygens (including phenoxy) is 3. The molecule has 1 rings (SSSR count). The van der Waals surface area contributed by atoms with Crippen LogP contribution in [0, 0.1) is 17.0 Å². The molecule has 1 N–H and O–H groups in total. The minimum Gasteiger partial charge on any atom is -0.449 e.